The molecule has 1 rings (SSSR count). The standard InChI is InChI=1S/C12H20O3/c1-3-5-6-7-10-11(15-10)8-9-12(13)14-4-2/h8-11H,3-7H2,1-2H3/b9-8+. The number of hydrogen-bond acceptors (Lipinski definition) is 3. The second-order valence-corrected chi connectivity index (χ2v) is 3.75. The first-order valence-corrected chi connectivity index (χ1v) is 5.78. The van der Waals surface area contributed by atoms with Crippen LogP contribution in [0.15, 0.2) is 12.2 Å². The van der Waals surface area contributed by atoms with Crippen LogP contribution in [-0.4, -0.2) is 24.8 Å². The highest BCUT2D eigenvalue weighted by Crippen LogP contribution is 2.28. The summed E-state index contributed by atoms with van der Waals surface area (Å²) in [5.74, 6) is -0.277. The molecule has 0 bridgehead atoms. The predicted molar refractivity (Wildman–Crippen MR) is 58.6 cm³/mol. The van der Waals surface area contributed by atoms with Crippen LogP contribution in [-0.2, 0) is 14.3 Å². The lowest BCUT2D eigenvalue weighted by molar-refractivity contribution is -0.137. The van der Waals surface area contributed by atoms with Gasteiger partial charge in [0, 0.05) is 6.08 Å². The molecular weight excluding hydrogens is 192 g/mol. The minimum atomic E-state index is -0.277. The summed E-state index contributed by atoms with van der Waals surface area (Å²) in [6.07, 6.45) is 8.55. The number of ether oxygens (including phenoxy) is 2. The lowest BCUT2D eigenvalue weighted by Crippen LogP contribution is -2.00. The molecule has 3 nitrogen and oxygen atoms in total. The number of epoxide rings is 1. The van der Waals surface area contributed by atoms with Crippen LogP contribution in [0.4, 0.5) is 0 Å². The summed E-state index contributed by atoms with van der Waals surface area (Å²) in [6, 6.07) is 0. The van der Waals surface area contributed by atoms with Crippen molar-refractivity contribution in [3.05, 3.63) is 12.2 Å². The van der Waals surface area contributed by atoms with Crippen LogP contribution in [0, 0.1) is 0 Å². The van der Waals surface area contributed by atoms with Crippen molar-refractivity contribution >= 4 is 5.97 Å². The van der Waals surface area contributed by atoms with E-state index in [9.17, 15) is 4.79 Å². The molecule has 2 unspecified atom stereocenters. The second kappa shape index (κ2) is 6.62. The molecule has 1 heterocycles. The molecule has 0 aromatic rings. The smallest absolute Gasteiger partial charge is 0.330 e. The van der Waals surface area contributed by atoms with Gasteiger partial charge >= 0.3 is 5.97 Å². The van der Waals surface area contributed by atoms with E-state index in [0.717, 1.165) is 6.42 Å². The van der Waals surface area contributed by atoms with E-state index in [1.54, 1.807) is 13.0 Å². The summed E-state index contributed by atoms with van der Waals surface area (Å²) in [4.78, 5) is 11.0. The van der Waals surface area contributed by atoms with E-state index in [4.69, 9.17) is 9.47 Å². The van der Waals surface area contributed by atoms with Crippen molar-refractivity contribution in [3.63, 3.8) is 0 Å². The largest absolute Gasteiger partial charge is 0.463 e. The fraction of sp³-hybridized carbons (Fsp3) is 0.750. The van der Waals surface area contributed by atoms with Crippen molar-refractivity contribution in [2.45, 2.75) is 51.7 Å². The Hall–Kier alpha value is -0.830. The minimum Gasteiger partial charge on any atom is -0.463 e. The molecule has 1 aliphatic rings. The molecule has 1 fully saturated rings. The molecule has 1 saturated heterocycles. The van der Waals surface area contributed by atoms with Crippen molar-refractivity contribution in [1.82, 2.24) is 0 Å². The third-order valence-electron chi connectivity index (χ3n) is 2.42. The summed E-state index contributed by atoms with van der Waals surface area (Å²) in [5.41, 5.74) is 0. The fourth-order valence-corrected chi connectivity index (χ4v) is 1.52. The lowest BCUT2D eigenvalue weighted by Gasteiger charge is -1.93. The summed E-state index contributed by atoms with van der Waals surface area (Å²) in [5, 5.41) is 0. The van der Waals surface area contributed by atoms with Crippen molar-refractivity contribution in [1.29, 1.82) is 0 Å². The van der Waals surface area contributed by atoms with Gasteiger partial charge in [-0.3, -0.25) is 0 Å². The SMILES string of the molecule is CCCCCC1OC1/C=C/C(=O)OCC. The Morgan fingerprint density at radius 2 is 2.20 bits per heavy atom. The molecule has 0 aromatic heterocycles. The number of hydrogen-bond donors (Lipinski definition) is 0. The fourth-order valence-electron chi connectivity index (χ4n) is 1.52. The number of unbranched alkanes of at least 4 members (excludes halogenated alkanes) is 2. The van der Waals surface area contributed by atoms with Crippen LogP contribution < -0.4 is 0 Å². The highest BCUT2D eigenvalue weighted by Gasteiger charge is 2.35. The topological polar surface area (TPSA) is 38.8 Å². The van der Waals surface area contributed by atoms with Gasteiger partial charge in [0.1, 0.15) is 6.10 Å². The van der Waals surface area contributed by atoms with Gasteiger partial charge in [-0.05, 0) is 19.4 Å². The minimum absolute atomic E-state index is 0.145. The van der Waals surface area contributed by atoms with Crippen molar-refractivity contribution in [3.8, 4) is 0 Å². The summed E-state index contributed by atoms with van der Waals surface area (Å²) < 4.78 is 10.2. The van der Waals surface area contributed by atoms with E-state index in [2.05, 4.69) is 6.92 Å². The number of carbonyl (C=O) groups excluding carboxylic acids is 1. The maximum Gasteiger partial charge on any atom is 0.330 e. The summed E-state index contributed by atoms with van der Waals surface area (Å²) in [7, 11) is 0. The van der Waals surface area contributed by atoms with Gasteiger partial charge in [-0.15, -0.1) is 0 Å². The van der Waals surface area contributed by atoms with Crippen LogP contribution in [0.5, 0.6) is 0 Å². The summed E-state index contributed by atoms with van der Waals surface area (Å²) >= 11 is 0. The summed E-state index contributed by atoms with van der Waals surface area (Å²) in [6.45, 7) is 4.41. The Kier molecular flexibility index (Phi) is 5.40. The van der Waals surface area contributed by atoms with Gasteiger partial charge in [0.15, 0.2) is 0 Å². The zero-order valence-corrected chi connectivity index (χ0v) is 9.57. The molecule has 0 amide bonds. The second-order valence-electron chi connectivity index (χ2n) is 3.75. The quantitative estimate of drug-likeness (QED) is 0.281. The average molecular weight is 212 g/mol. The van der Waals surface area contributed by atoms with Gasteiger partial charge in [0.2, 0.25) is 0 Å². The van der Waals surface area contributed by atoms with E-state index >= 15 is 0 Å². The average Bonchev–Trinajstić information content (AvgIpc) is 2.95. The first kappa shape index (κ1) is 12.2. The first-order chi connectivity index (χ1) is 7.27. The van der Waals surface area contributed by atoms with Crippen LogP contribution in [0.2, 0.25) is 0 Å². The lowest BCUT2D eigenvalue weighted by atomic mass is 10.1. The Morgan fingerprint density at radius 3 is 2.87 bits per heavy atom. The Balaban J connectivity index is 2.07. The maximum absolute atomic E-state index is 11.0. The van der Waals surface area contributed by atoms with Crippen LogP contribution in [0.25, 0.3) is 0 Å². The van der Waals surface area contributed by atoms with Gasteiger partial charge in [-0.2, -0.15) is 0 Å². The zero-order valence-electron chi connectivity index (χ0n) is 9.57. The van der Waals surface area contributed by atoms with Crippen LogP contribution in [0.1, 0.15) is 39.5 Å². The number of carbonyl (C=O) groups is 1. The van der Waals surface area contributed by atoms with E-state index in [-0.39, 0.29) is 12.1 Å². The van der Waals surface area contributed by atoms with Gasteiger partial charge in [-0.25, -0.2) is 4.79 Å². The monoisotopic (exact) mass is 212 g/mol. The maximum atomic E-state index is 11.0. The molecule has 0 saturated carbocycles. The van der Waals surface area contributed by atoms with E-state index in [1.807, 2.05) is 0 Å². The Morgan fingerprint density at radius 1 is 1.40 bits per heavy atom. The van der Waals surface area contributed by atoms with Crippen molar-refractivity contribution < 1.29 is 14.3 Å². The predicted octanol–water partition coefficient (Wildman–Crippen LogP) is 2.45. The molecule has 0 aromatic carbocycles. The first-order valence-electron chi connectivity index (χ1n) is 5.78. The van der Waals surface area contributed by atoms with Gasteiger partial charge in [0.25, 0.3) is 0 Å². The molecular formula is C12H20O3. The van der Waals surface area contributed by atoms with Crippen LogP contribution >= 0.6 is 0 Å². The van der Waals surface area contributed by atoms with Gasteiger partial charge < -0.3 is 9.47 Å². The third kappa shape index (κ3) is 4.98. The zero-order chi connectivity index (χ0) is 11.1. The molecule has 1 aliphatic heterocycles. The molecule has 0 radical (unpaired) electrons. The molecule has 0 aliphatic carbocycles. The number of esters is 1. The highest BCUT2D eigenvalue weighted by molar-refractivity contribution is 5.82. The molecule has 86 valence electrons. The van der Waals surface area contributed by atoms with E-state index < -0.39 is 0 Å². The molecule has 0 N–H and O–H groups in total. The van der Waals surface area contributed by atoms with E-state index in [1.165, 1.54) is 25.3 Å². The molecule has 15 heavy (non-hydrogen) atoms. The highest BCUT2D eigenvalue weighted by atomic mass is 16.6. The Bertz CT molecular complexity index is 223. The third-order valence-corrected chi connectivity index (χ3v) is 2.42. The van der Waals surface area contributed by atoms with Gasteiger partial charge in [0.05, 0.1) is 12.7 Å². The van der Waals surface area contributed by atoms with Gasteiger partial charge in [-0.1, -0.05) is 26.2 Å². The number of rotatable bonds is 7. The van der Waals surface area contributed by atoms with Crippen LogP contribution in [0.3, 0.4) is 0 Å². The van der Waals surface area contributed by atoms with Crippen molar-refractivity contribution in [2.24, 2.45) is 0 Å². The molecule has 2 atom stereocenters. The normalized spacial score (nSPS) is 24.4. The molecule has 3 heteroatoms. The molecule has 0 spiro atoms. The van der Waals surface area contributed by atoms with Crippen molar-refractivity contribution in [2.75, 3.05) is 6.61 Å². The van der Waals surface area contributed by atoms with E-state index in [0.29, 0.717) is 12.7 Å². The Labute approximate surface area is 91.4 Å².